The van der Waals surface area contributed by atoms with E-state index < -0.39 is 15.8 Å². The quantitative estimate of drug-likeness (QED) is 0.795. The first kappa shape index (κ1) is 15.4. The Bertz CT molecular complexity index is 603. The summed E-state index contributed by atoms with van der Waals surface area (Å²) in [4.78, 5) is 0.318. The molecule has 2 aliphatic heterocycles. The number of nitrogens with zero attached hydrogens (tertiary/aromatic N) is 1. The van der Waals surface area contributed by atoms with Crippen LogP contribution in [0.15, 0.2) is 33.6 Å². The molecule has 5 nitrogen and oxygen atoms in total. The van der Waals surface area contributed by atoms with Gasteiger partial charge in [-0.1, -0.05) is 22.0 Å². The van der Waals surface area contributed by atoms with Crippen LogP contribution in [0.25, 0.3) is 0 Å². The number of halogens is 1. The van der Waals surface area contributed by atoms with Crippen molar-refractivity contribution >= 4 is 26.0 Å². The van der Waals surface area contributed by atoms with Crippen LogP contribution in [0.1, 0.15) is 19.3 Å². The number of sulfonamides is 1. The summed E-state index contributed by atoms with van der Waals surface area (Å²) < 4.78 is 39.0. The van der Waals surface area contributed by atoms with Gasteiger partial charge in [0.15, 0.2) is 5.79 Å². The van der Waals surface area contributed by atoms with Crippen molar-refractivity contribution in [2.75, 3.05) is 26.3 Å². The molecule has 0 atom stereocenters. The molecule has 2 heterocycles. The third-order valence-corrected chi connectivity index (χ3v) is 6.32. The lowest BCUT2D eigenvalue weighted by Crippen LogP contribution is -2.51. The van der Waals surface area contributed by atoms with Crippen LogP contribution in [0, 0.1) is 0 Å². The summed E-state index contributed by atoms with van der Waals surface area (Å²) in [6, 6.07) is 6.80. The maximum Gasteiger partial charge on any atom is 0.243 e. The fraction of sp³-hybridized carbons (Fsp3) is 0.571. The van der Waals surface area contributed by atoms with Gasteiger partial charge in [-0.2, -0.15) is 4.31 Å². The predicted octanol–water partition coefficient (Wildman–Crippen LogP) is 2.37. The Morgan fingerprint density at radius 2 is 1.81 bits per heavy atom. The van der Waals surface area contributed by atoms with E-state index in [0.29, 0.717) is 44.0 Å². The van der Waals surface area contributed by atoms with Gasteiger partial charge in [-0.25, -0.2) is 8.42 Å². The minimum absolute atomic E-state index is 0.318. The molecule has 0 aromatic heterocycles. The van der Waals surface area contributed by atoms with Crippen LogP contribution >= 0.6 is 15.9 Å². The number of rotatable bonds is 2. The van der Waals surface area contributed by atoms with Crippen LogP contribution in [0.4, 0.5) is 0 Å². The molecule has 0 aliphatic carbocycles. The lowest BCUT2D eigenvalue weighted by atomic mass is 10.0. The molecule has 0 N–H and O–H groups in total. The lowest BCUT2D eigenvalue weighted by molar-refractivity contribution is -0.280. The van der Waals surface area contributed by atoms with Crippen molar-refractivity contribution in [1.82, 2.24) is 4.31 Å². The number of piperidine rings is 1. The molecule has 2 aliphatic rings. The molecule has 0 radical (unpaired) electrons. The molecule has 2 fully saturated rings. The van der Waals surface area contributed by atoms with Crippen molar-refractivity contribution in [2.45, 2.75) is 29.9 Å². The van der Waals surface area contributed by atoms with Crippen molar-refractivity contribution in [3.05, 3.63) is 28.7 Å². The summed E-state index contributed by atoms with van der Waals surface area (Å²) in [5.74, 6) is -0.568. The van der Waals surface area contributed by atoms with Crippen LogP contribution < -0.4 is 0 Å². The van der Waals surface area contributed by atoms with Crippen LogP contribution in [0.5, 0.6) is 0 Å². The predicted molar refractivity (Wildman–Crippen MR) is 81.4 cm³/mol. The van der Waals surface area contributed by atoms with Gasteiger partial charge in [0.1, 0.15) is 0 Å². The summed E-state index contributed by atoms with van der Waals surface area (Å²) in [6.07, 6.45) is 2.07. The summed E-state index contributed by atoms with van der Waals surface area (Å²) in [5, 5.41) is 0. The van der Waals surface area contributed by atoms with Gasteiger partial charge in [-0.05, 0) is 24.6 Å². The summed E-state index contributed by atoms with van der Waals surface area (Å²) in [5.41, 5.74) is 0. The van der Waals surface area contributed by atoms with E-state index in [1.54, 1.807) is 18.2 Å². The molecule has 7 heteroatoms. The average Bonchev–Trinajstić information content (AvgIpc) is 2.48. The van der Waals surface area contributed by atoms with Gasteiger partial charge in [0.2, 0.25) is 10.0 Å². The Labute approximate surface area is 133 Å². The Balaban J connectivity index is 1.74. The topological polar surface area (TPSA) is 55.8 Å². The Kier molecular flexibility index (Phi) is 4.38. The minimum atomic E-state index is -3.45. The van der Waals surface area contributed by atoms with Gasteiger partial charge in [-0.3, -0.25) is 0 Å². The molecule has 3 rings (SSSR count). The first-order chi connectivity index (χ1) is 10.0. The first-order valence-corrected chi connectivity index (χ1v) is 9.29. The molecule has 116 valence electrons. The number of hydrogen-bond donors (Lipinski definition) is 0. The zero-order valence-electron chi connectivity index (χ0n) is 11.6. The molecular weight excluding hydrogens is 358 g/mol. The molecule has 2 saturated heterocycles. The molecule has 0 saturated carbocycles. The fourth-order valence-corrected chi connectivity index (χ4v) is 4.79. The SMILES string of the molecule is O=S(=O)(c1cccc(Br)c1)N1CCC2(CC1)OCCCO2. The Morgan fingerprint density at radius 1 is 1.14 bits per heavy atom. The molecule has 0 bridgehead atoms. The number of benzene rings is 1. The molecule has 1 aromatic rings. The Morgan fingerprint density at radius 3 is 2.43 bits per heavy atom. The van der Waals surface area contributed by atoms with E-state index in [4.69, 9.17) is 9.47 Å². The highest BCUT2D eigenvalue weighted by atomic mass is 79.9. The van der Waals surface area contributed by atoms with Crippen LogP contribution in [0.3, 0.4) is 0 Å². The average molecular weight is 376 g/mol. The molecular formula is C14H18BrNO4S. The second-order valence-corrected chi connectivity index (χ2v) is 8.18. The van der Waals surface area contributed by atoms with Crippen molar-refractivity contribution in [2.24, 2.45) is 0 Å². The van der Waals surface area contributed by atoms with Gasteiger partial charge in [0.25, 0.3) is 0 Å². The maximum atomic E-state index is 12.6. The van der Waals surface area contributed by atoms with Gasteiger partial charge < -0.3 is 9.47 Å². The van der Waals surface area contributed by atoms with E-state index in [-0.39, 0.29) is 0 Å². The lowest BCUT2D eigenvalue weighted by Gasteiger charge is -2.42. The molecule has 0 unspecified atom stereocenters. The van der Waals surface area contributed by atoms with Crippen molar-refractivity contribution < 1.29 is 17.9 Å². The molecule has 0 amide bonds. The van der Waals surface area contributed by atoms with E-state index in [2.05, 4.69) is 15.9 Å². The highest BCUT2D eigenvalue weighted by Crippen LogP contribution is 2.33. The highest BCUT2D eigenvalue weighted by Gasteiger charge is 2.41. The van der Waals surface area contributed by atoms with E-state index in [9.17, 15) is 8.42 Å². The van der Waals surface area contributed by atoms with Gasteiger partial charge in [0.05, 0.1) is 18.1 Å². The third kappa shape index (κ3) is 3.17. The fourth-order valence-electron chi connectivity index (χ4n) is 2.75. The standard InChI is InChI=1S/C14H18BrNO4S/c15-12-3-1-4-13(11-12)21(17,18)16-7-5-14(6-8-16)19-9-2-10-20-14/h1,3-4,11H,2,5-10H2. The van der Waals surface area contributed by atoms with Crippen molar-refractivity contribution in [1.29, 1.82) is 0 Å². The second kappa shape index (κ2) is 5.96. The van der Waals surface area contributed by atoms with Crippen LogP contribution in [-0.4, -0.2) is 44.8 Å². The smallest absolute Gasteiger partial charge is 0.243 e. The van der Waals surface area contributed by atoms with Gasteiger partial charge in [-0.15, -0.1) is 0 Å². The zero-order chi connectivity index (χ0) is 14.9. The van der Waals surface area contributed by atoms with Gasteiger partial charge >= 0.3 is 0 Å². The van der Waals surface area contributed by atoms with E-state index in [1.807, 2.05) is 6.07 Å². The zero-order valence-corrected chi connectivity index (χ0v) is 14.0. The second-order valence-electron chi connectivity index (χ2n) is 5.32. The molecule has 21 heavy (non-hydrogen) atoms. The van der Waals surface area contributed by atoms with Gasteiger partial charge in [0, 0.05) is 30.4 Å². The van der Waals surface area contributed by atoms with E-state index in [1.165, 1.54) is 4.31 Å². The summed E-state index contributed by atoms with van der Waals surface area (Å²) in [6.45, 7) is 2.24. The van der Waals surface area contributed by atoms with Crippen LogP contribution in [-0.2, 0) is 19.5 Å². The third-order valence-electron chi connectivity index (χ3n) is 3.94. The van der Waals surface area contributed by atoms with Crippen molar-refractivity contribution in [3.63, 3.8) is 0 Å². The molecule has 1 aromatic carbocycles. The number of ether oxygens (including phenoxy) is 2. The minimum Gasteiger partial charge on any atom is -0.350 e. The number of hydrogen-bond acceptors (Lipinski definition) is 4. The normalized spacial score (nSPS) is 23.3. The molecule has 1 spiro atoms. The summed E-state index contributed by atoms with van der Waals surface area (Å²) >= 11 is 3.31. The monoisotopic (exact) mass is 375 g/mol. The van der Waals surface area contributed by atoms with Crippen LogP contribution in [0.2, 0.25) is 0 Å². The highest BCUT2D eigenvalue weighted by molar-refractivity contribution is 9.10. The van der Waals surface area contributed by atoms with E-state index >= 15 is 0 Å². The summed E-state index contributed by atoms with van der Waals surface area (Å²) in [7, 11) is -3.45. The van der Waals surface area contributed by atoms with E-state index in [0.717, 1.165) is 10.9 Å². The largest absolute Gasteiger partial charge is 0.350 e. The Hall–Kier alpha value is -0.470. The first-order valence-electron chi connectivity index (χ1n) is 7.06. The maximum absolute atomic E-state index is 12.6. The van der Waals surface area contributed by atoms with Crippen molar-refractivity contribution in [3.8, 4) is 0 Å².